The summed E-state index contributed by atoms with van der Waals surface area (Å²) < 4.78 is 19.9. The van der Waals surface area contributed by atoms with Crippen LogP contribution in [0, 0.1) is 17.1 Å². The Bertz CT molecular complexity index is 773. The lowest BCUT2D eigenvalue weighted by atomic mass is 10.1. The first-order valence-electron chi connectivity index (χ1n) is 6.49. The van der Waals surface area contributed by atoms with Crippen molar-refractivity contribution in [3.63, 3.8) is 0 Å². The summed E-state index contributed by atoms with van der Waals surface area (Å²) in [6.07, 6.45) is 1.24. The van der Waals surface area contributed by atoms with Gasteiger partial charge in [-0.2, -0.15) is 5.26 Å². The summed E-state index contributed by atoms with van der Waals surface area (Å²) >= 11 is 5.71. The minimum absolute atomic E-state index is 0.00625. The fourth-order valence-electron chi connectivity index (χ4n) is 1.85. The molecule has 1 aromatic carbocycles. The molecule has 1 amide bonds. The van der Waals surface area contributed by atoms with Crippen molar-refractivity contribution in [3.05, 3.63) is 40.9 Å². The molecule has 7 nitrogen and oxygen atoms in total. The molecule has 0 saturated heterocycles. The number of amides is 1. The molecule has 0 spiro atoms. The second kappa shape index (κ2) is 6.73. The summed E-state index contributed by atoms with van der Waals surface area (Å²) in [5, 5.41) is 18.9. The molecular formula is C14H13ClFN5O2. The van der Waals surface area contributed by atoms with Crippen LogP contribution in [0.1, 0.15) is 17.4 Å². The van der Waals surface area contributed by atoms with Gasteiger partial charge in [0.1, 0.15) is 11.2 Å². The number of rotatable bonds is 5. The molecule has 0 aliphatic heterocycles. The number of carbonyl (C=O) groups excluding carboxylic acids is 1. The number of benzene rings is 1. The number of nitriles is 1. The molecule has 9 heteroatoms. The minimum atomic E-state index is -1.21. The van der Waals surface area contributed by atoms with Gasteiger partial charge in [-0.1, -0.05) is 22.9 Å². The molecule has 0 unspecified atom stereocenters. The van der Waals surface area contributed by atoms with Gasteiger partial charge in [0.05, 0.1) is 23.9 Å². The SMILES string of the molecule is COC[C@](C)(C#N)NC(=O)c1cn(-c2cccc(Cl)c2F)nn1. The van der Waals surface area contributed by atoms with Crippen LogP contribution in [0.4, 0.5) is 4.39 Å². The van der Waals surface area contributed by atoms with Crippen molar-refractivity contribution in [2.24, 2.45) is 0 Å². The lowest BCUT2D eigenvalue weighted by Gasteiger charge is -2.21. The quantitative estimate of drug-likeness (QED) is 0.896. The number of aromatic nitrogens is 3. The summed E-state index contributed by atoms with van der Waals surface area (Å²) in [7, 11) is 1.42. The molecule has 1 aromatic heterocycles. The Morgan fingerprint density at radius 2 is 2.35 bits per heavy atom. The Balaban J connectivity index is 2.24. The number of methoxy groups -OCH3 is 1. The summed E-state index contributed by atoms with van der Waals surface area (Å²) in [6, 6.07) is 6.34. The van der Waals surface area contributed by atoms with E-state index in [-0.39, 0.29) is 23.0 Å². The molecule has 0 aliphatic carbocycles. The highest BCUT2D eigenvalue weighted by Gasteiger charge is 2.28. The number of hydrogen-bond donors (Lipinski definition) is 1. The van der Waals surface area contributed by atoms with Crippen LogP contribution in [-0.2, 0) is 4.74 Å². The maximum Gasteiger partial charge on any atom is 0.274 e. The average molecular weight is 338 g/mol. The van der Waals surface area contributed by atoms with Crippen molar-refractivity contribution in [2.75, 3.05) is 13.7 Å². The molecule has 23 heavy (non-hydrogen) atoms. The zero-order valence-corrected chi connectivity index (χ0v) is 13.1. The third-order valence-corrected chi connectivity index (χ3v) is 3.27. The van der Waals surface area contributed by atoms with Gasteiger partial charge < -0.3 is 10.1 Å². The number of hydrogen-bond acceptors (Lipinski definition) is 5. The van der Waals surface area contributed by atoms with Gasteiger partial charge in [-0.3, -0.25) is 4.79 Å². The van der Waals surface area contributed by atoms with E-state index < -0.39 is 17.3 Å². The van der Waals surface area contributed by atoms with Crippen LogP contribution in [0.2, 0.25) is 5.02 Å². The van der Waals surface area contributed by atoms with E-state index in [0.717, 1.165) is 4.68 Å². The molecule has 0 saturated carbocycles. The summed E-state index contributed by atoms with van der Waals surface area (Å²) in [4.78, 5) is 12.1. The van der Waals surface area contributed by atoms with Crippen LogP contribution in [0.5, 0.6) is 0 Å². The van der Waals surface area contributed by atoms with Crippen molar-refractivity contribution in [3.8, 4) is 11.8 Å². The second-order valence-electron chi connectivity index (χ2n) is 4.95. The average Bonchev–Trinajstić information content (AvgIpc) is 3.00. The number of halogens is 2. The van der Waals surface area contributed by atoms with Gasteiger partial charge in [0, 0.05) is 7.11 Å². The van der Waals surface area contributed by atoms with Crippen molar-refractivity contribution in [2.45, 2.75) is 12.5 Å². The highest BCUT2D eigenvalue weighted by atomic mass is 35.5. The predicted octanol–water partition coefficient (Wildman–Crippen LogP) is 1.72. The van der Waals surface area contributed by atoms with Crippen molar-refractivity contribution < 1.29 is 13.9 Å². The third-order valence-electron chi connectivity index (χ3n) is 2.97. The Kier molecular flexibility index (Phi) is 4.93. The molecule has 120 valence electrons. The Morgan fingerprint density at radius 3 is 3.00 bits per heavy atom. The maximum absolute atomic E-state index is 13.9. The molecular weight excluding hydrogens is 325 g/mol. The van der Waals surface area contributed by atoms with Gasteiger partial charge in [0.15, 0.2) is 11.5 Å². The molecule has 1 heterocycles. The lowest BCUT2D eigenvalue weighted by molar-refractivity contribution is 0.0855. The minimum Gasteiger partial charge on any atom is -0.381 e. The van der Waals surface area contributed by atoms with Crippen molar-refractivity contribution in [1.82, 2.24) is 20.3 Å². The van der Waals surface area contributed by atoms with E-state index in [1.165, 1.54) is 32.4 Å². The Labute approximate surface area is 136 Å². The maximum atomic E-state index is 13.9. The van der Waals surface area contributed by atoms with Gasteiger partial charge in [0.2, 0.25) is 0 Å². The van der Waals surface area contributed by atoms with Crippen molar-refractivity contribution in [1.29, 1.82) is 5.26 Å². The fourth-order valence-corrected chi connectivity index (χ4v) is 2.02. The van der Waals surface area contributed by atoms with E-state index in [4.69, 9.17) is 21.6 Å². The van der Waals surface area contributed by atoms with E-state index in [2.05, 4.69) is 15.6 Å². The molecule has 1 N–H and O–H groups in total. The Hall–Kier alpha value is -2.50. The van der Waals surface area contributed by atoms with Gasteiger partial charge in [-0.05, 0) is 19.1 Å². The first-order valence-corrected chi connectivity index (χ1v) is 6.87. The summed E-state index contributed by atoms with van der Waals surface area (Å²) in [5.74, 6) is -1.30. The molecule has 0 aliphatic rings. The van der Waals surface area contributed by atoms with Gasteiger partial charge in [0.25, 0.3) is 5.91 Å². The van der Waals surface area contributed by atoms with E-state index in [0.29, 0.717) is 0 Å². The van der Waals surface area contributed by atoms with Crippen LogP contribution in [0.25, 0.3) is 5.69 Å². The number of nitrogens with one attached hydrogen (secondary N) is 1. The van der Waals surface area contributed by atoms with E-state index in [1.54, 1.807) is 6.07 Å². The first-order chi connectivity index (χ1) is 10.9. The van der Waals surface area contributed by atoms with E-state index in [9.17, 15) is 9.18 Å². The summed E-state index contributed by atoms with van der Waals surface area (Å²) in [6.45, 7) is 1.52. The number of carbonyl (C=O) groups is 1. The van der Waals surface area contributed by atoms with E-state index >= 15 is 0 Å². The van der Waals surface area contributed by atoms with Crippen LogP contribution < -0.4 is 5.32 Å². The standard InChI is InChI=1S/C14H13ClFN5O2/c1-14(7-17,8-23-2)18-13(22)10-6-21(20-19-10)11-5-3-4-9(15)12(11)16/h3-6H,8H2,1-2H3,(H,18,22)/t14-/m0/s1. The van der Waals surface area contributed by atoms with Gasteiger partial charge in [-0.25, -0.2) is 9.07 Å². The molecule has 2 aromatic rings. The number of nitrogens with zero attached hydrogens (tertiary/aromatic N) is 4. The monoisotopic (exact) mass is 337 g/mol. The second-order valence-corrected chi connectivity index (χ2v) is 5.36. The van der Waals surface area contributed by atoms with Gasteiger partial charge in [-0.15, -0.1) is 5.10 Å². The zero-order chi connectivity index (χ0) is 17.0. The zero-order valence-electron chi connectivity index (χ0n) is 12.4. The molecule has 1 atom stereocenters. The lowest BCUT2D eigenvalue weighted by Crippen LogP contribution is -2.48. The van der Waals surface area contributed by atoms with Crippen LogP contribution in [0.3, 0.4) is 0 Å². The number of ether oxygens (including phenoxy) is 1. The molecule has 0 bridgehead atoms. The van der Waals surface area contributed by atoms with Crippen LogP contribution in [-0.4, -0.2) is 40.2 Å². The first kappa shape index (κ1) is 16.9. The topological polar surface area (TPSA) is 92.8 Å². The third kappa shape index (κ3) is 3.64. The van der Waals surface area contributed by atoms with Crippen LogP contribution in [0.15, 0.2) is 24.4 Å². The predicted molar refractivity (Wildman–Crippen MR) is 79.7 cm³/mol. The van der Waals surface area contributed by atoms with E-state index in [1.807, 2.05) is 6.07 Å². The van der Waals surface area contributed by atoms with Gasteiger partial charge >= 0.3 is 0 Å². The highest BCUT2D eigenvalue weighted by molar-refractivity contribution is 6.30. The van der Waals surface area contributed by atoms with Crippen LogP contribution >= 0.6 is 11.6 Å². The van der Waals surface area contributed by atoms with Crippen molar-refractivity contribution >= 4 is 17.5 Å². The normalized spacial score (nSPS) is 13.2. The largest absolute Gasteiger partial charge is 0.381 e. The molecule has 2 rings (SSSR count). The Morgan fingerprint density at radius 1 is 1.61 bits per heavy atom. The molecule has 0 radical (unpaired) electrons. The summed E-state index contributed by atoms with van der Waals surface area (Å²) in [5.41, 5.74) is -1.22. The fraction of sp³-hybridized carbons (Fsp3) is 0.286. The molecule has 0 fully saturated rings. The highest BCUT2D eigenvalue weighted by Crippen LogP contribution is 2.20. The smallest absolute Gasteiger partial charge is 0.274 e.